The summed E-state index contributed by atoms with van der Waals surface area (Å²) in [6.45, 7) is 4.37. The maximum Gasteiger partial charge on any atom is 0.412 e. The van der Waals surface area contributed by atoms with E-state index in [0.717, 1.165) is 12.0 Å². The molecule has 24 heavy (non-hydrogen) atoms. The Morgan fingerprint density at radius 1 is 1.38 bits per heavy atom. The van der Waals surface area contributed by atoms with E-state index in [2.05, 4.69) is 13.8 Å². The lowest BCUT2D eigenvalue weighted by Crippen LogP contribution is -2.44. The summed E-state index contributed by atoms with van der Waals surface area (Å²) in [5.74, 6) is -0.711. The molecule has 0 saturated carbocycles. The minimum atomic E-state index is -1.10. The Balaban J connectivity index is 2.15. The van der Waals surface area contributed by atoms with Crippen molar-refractivity contribution in [3.8, 4) is 0 Å². The quantitative estimate of drug-likeness (QED) is 0.775. The van der Waals surface area contributed by atoms with Gasteiger partial charge in [0.15, 0.2) is 0 Å². The highest BCUT2D eigenvalue weighted by Gasteiger charge is 2.39. The summed E-state index contributed by atoms with van der Waals surface area (Å²) in [7, 11) is 1.32. The average molecular weight is 335 g/mol. The third kappa shape index (κ3) is 4.26. The zero-order valence-electron chi connectivity index (χ0n) is 14.3. The lowest BCUT2D eigenvalue weighted by atomic mass is 9.94. The van der Waals surface area contributed by atoms with E-state index in [-0.39, 0.29) is 19.1 Å². The minimum absolute atomic E-state index is 0.0698. The minimum Gasteiger partial charge on any atom is -0.469 e. The van der Waals surface area contributed by atoms with E-state index in [1.54, 1.807) is 0 Å². The third-order valence-electron chi connectivity index (χ3n) is 4.20. The van der Waals surface area contributed by atoms with Crippen LogP contribution in [0.15, 0.2) is 30.3 Å². The first kappa shape index (κ1) is 18.3. The van der Waals surface area contributed by atoms with Crippen LogP contribution >= 0.6 is 0 Å². The van der Waals surface area contributed by atoms with Crippen LogP contribution in [-0.2, 0) is 14.3 Å². The van der Waals surface area contributed by atoms with Gasteiger partial charge >= 0.3 is 12.1 Å². The molecule has 1 aliphatic rings. The van der Waals surface area contributed by atoms with E-state index in [1.165, 1.54) is 12.0 Å². The van der Waals surface area contributed by atoms with Crippen LogP contribution in [0.4, 0.5) is 4.79 Å². The molecule has 1 heterocycles. The Morgan fingerprint density at radius 2 is 2.04 bits per heavy atom. The van der Waals surface area contributed by atoms with Crippen LogP contribution in [0.5, 0.6) is 0 Å². The van der Waals surface area contributed by atoms with Crippen molar-refractivity contribution in [2.75, 3.05) is 13.7 Å². The van der Waals surface area contributed by atoms with Gasteiger partial charge in [-0.2, -0.15) is 0 Å². The van der Waals surface area contributed by atoms with Gasteiger partial charge in [-0.1, -0.05) is 44.2 Å². The molecule has 6 heteroatoms. The first-order chi connectivity index (χ1) is 11.4. The SMILES string of the molecule is COC(=O)[C@H](CC(O)N1C(=O)OC[C@@H]1CC(C)C)c1ccccc1. The van der Waals surface area contributed by atoms with E-state index in [0.29, 0.717) is 5.92 Å². The summed E-state index contributed by atoms with van der Waals surface area (Å²) >= 11 is 0. The molecule has 1 amide bonds. The highest BCUT2D eigenvalue weighted by atomic mass is 16.6. The number of cyclic esters (lactones) is 1. The Bertz CT molecular complexity index is 560. The van der Waals surface area contributed by atoms with Crippen molar-refractivity contribution in [3.63, 3.8) is 0 Å². The lowest BCUT2D eigenvalue weighted by Gasteiger charge is -2.29. The Kier molecular flexibility index (Phi) is 6.20. The first-order valence-corrected chi connectivity index (χ1v) is 8.20. The van der Waals surface area contributed by atoms with Crippen LogP contribution in [-0.4, -0.2) is 48.1 Å². The highest BCUT2D eigenvalue weighted by Crippen LogP contribution is 2.28. The van der Waals surface area contributed by atoms with Crippen molar-refractivity contribution in [3.05, 3.63) is 35.9 Å². The molecular formula is C18H25NO5. The molecule has 0 aromatic heterocycles. The van der Waals surface area contributed by atoms with Crippen LogP contribution < -0.4 is 0 Å². The fourth-order valence-corrected chi connectivity index (χ4v) is 3.08. The topological polar surface area (TPSA) is 76.1 Å². The van der Waals surface area contributed by atoms with Gasteiger partial charge in [-0.25, -0.2) is 4.79 Å². The molecule has 132 valence electrons. The van der Waals surface area contributed by atoms with Gasteiger partial charge in [-0.15, -0.1) is 0 Å². The number of methoxy groups -OCH3 is 1. The van der Waals surface area contributed by atoms with Crippen LogP contribution in [0.3, 0.4) is 0 Å². The molecule has 1 unspecified atom stereocenters. The number of aliphatic hydroxyl groups excluding tert-OH is 1. The van der Waals surface area contributed by atoms with Crippen LogP contribution in [0.25, 0.3) is 0 Å². The predicted octanol–water partition coefficient (Wildman–Crippen LogP) is 2.52. The van der Waals surface area contributed by atoms with Crippen molar-refractivity contribution in [2.45, 2.75) is 44.9 Å². The van der Waals surface area contributed by atoms with Gasteiger partial charge in [0.1, 0.15) is 12.8 Å². The van der Waals surface area contributed by atoms with Crippen molar-refractivity contribution in [2.24, 2.45) is 5.92 Å². The van der Waals surface area contributed by atoms with E-state index < -0.39 is 24.2 Å². The smallest absolute Gasteiger partial charge is 0.412 e. The Hall–Kier alpha value is -2.08. The summed E-state index contributed by atoms with van der Waals surface area (Å²) in [6.07, 6.45) is -0.838. The second kappa shape index (κ2) is 8.15. The van der Waals surface area contributed by atoms with Crippen molar-refractivity contribution in [1.82, 2.24) is 4.90 Å². The molecule has 0 radical (unpaired) electrons. The fraction of sp³-hybridized carbons (Fsp3) is 0.556. The van der Waals surface area contributed by atoms with Crippen molar-refractivity contribution < 1.29 is 24.2 Å². The zero-order chi connectivity index (χ0) is 17.7. The second-order valence-corrected chi connectivity index (χ2v) is 6.47. The van der Waals surface area contributed by atoms with Crippen LogP contribution in [0, 0.1) is 5.92 Å². The number of hydrogen-bond donors (Lipinski definition) is 1. The number of ether oxygens (including phenoxy) is 2. The molecular weight excluding hydrogens is 310 g/mol. The van der Waals surface area contributed by atoms with Crippen molar-refractivity contribution >= 4 is 12.1 Å². The van der Waals surface area contributed by atoms with Crippen LogP contribution in [0.2, 0.25) is 0 Å². The van der Waals surface area contributed by atoms with E-state index >= 15 is 0 Å². The monoisotopic (exact) mass is 335 g/mol. The van der Waals surface area contributed by atoms with Gasteiger partial charge < -0.3 is 14.6 Å². The first-order valence-electron chi connectivity index (χ1n) is 8.20. The molecule has 1 aromatic carbocycles. The van der Waals surface area contributed by atoms with Gasteiger partial charge in [0.25, 0.3) is 0 Å². The molecule has 0 aliphatic carbocycles. The number of esters is 1. The number of amides is 1. The number of rotatable bonds is 7. The Morgan fingerprint density at radius 3 is 2.62 bits per heavy atom. The maximum atomic E-state index is 12.1. The lowest BCUT2D eigenvalue weighted by molar-refractivity contribution is -0.144. The van der Waals surface area contributed by atoms with E-state index in [1.807, 2.05) is 30.3 Å². The second-order valence-electron chi connectivity index (χ2n) is 6.47. The molecule has 1 fully saturated rings. The molecule has 1 saturated heterocycles. The maximum absolute atomic E-state index is 12.1. The van der Waals surface area contributed by atoms with Gasteiger partial charge in [-0.05, 0) is 17.9 Å². The number of carbonyl (C=O) groups is 2. The van der Waals surface area contributed by atoms with Crippen molar-refractivity contribution in [1.29, 1.82) is 0 Å². The molecule has 1 aliphatic heterocycles. The number of aliphatic hydroxyl groups is 1. The molecule has 0 spiro atoms. The molecule has 1 aromatic rings. The molecule has 0 bridgehead atoms. The van der Waals surface area contributed by atoms with Gasteiger partial charge in [-0.3, -0.25) is 9.69 Å². The highest BCUT2D eigenvalue weighted by molar-refractivity contribution is 5.78. The summed E-state index contributed by atoms with van der Waals surface area (Å²) in [6, 6.07) is 8.93. The van der Waals surface area contributed by atoms with E-state index in [9.17, 15) is 14.7 Å². The zero-order valence-corrected chi connectivity index (χ0v) is 14.3. The van der Waals surface area contributed by atoms with Gasteiger partial charge in [0.2, 0.25) is 0 Å². The largest absolute Gasteiger partial charge is 0.469 e. The summed E-state index contributed by atoms with van der Waals surface area (Å²) in [5, 5.41) is 10.6. The fourth-order valence-electron chi connectivity index (χ4n) is 3.08. The number of hydrogen-bond acceptors (Lipinski definition) is 5. The Labute approximate surface area is 142 Å². The standard InChI is InChI=1S/C18H25NO5/c1-12(2)9-14-11-24-18(22)19(14)16(20)10-15(17(21)23-3)13-7-5-4-6-8-13/h4-8,12,14-16,20H,9-11H2,1-3H3/t14-,15+,16?/m0/s1. The number of benzene rings is 1. The third-order valence-corrected chi connectivity index (χ3v) is 4.20. The van der Waals surface area contributed by atoms with Gasteiger partial charge in [0.05, 0.1) is 19.1 Å². The normalized spacial score (nSPS) is 20.0. The number of carbonyl (C=O) groups excluding carboxylic acids is 2. The average Bonchev–Trinajstić information content (AvgIpc) is 2.92. The molecule has 2 rings (SSSR count). The molecule has 1 N–H and O–H groups in total. The molecule has 3 atom stereocenters. The predicted molar refractivity (Wildman–Crippen MR) is 88.3 cm³/mol. The summed E-state index contributed by atoms with van der Waals surface area (Å²) in [4.78, 5) is 25.5. The summed E-state index contributed by atoms with van der Waals surface area (Å²) in [5.41, 5.74) is 0.747. The molecule has 6 nitrogen and oxygen atoms in total. The van der Waals surface area contributed by atoms with E-state index in [4.69, 9.17) is 9.47 Å². The number of nitrogens with zero attached hydrogens (tertiary/aromatic N) is 1. The van der Waals surface area contributed by atoms with Crippen LogP contribution in [0.1, 0.15) is 38.2 Å². The summed E-state index contributed by atoms with van der Waals surface area (Å²) < 4.78 is 9.95. The van der Waals surface area contributed by atoms with Gasteiger partial charge in [0, 0.05) is 6.42 Å².